The van der Waals surface area contributed by atoms with Gasteiger partial charge >= 0.3 is 5.97 Å². The lowest BCUT2D eigenvalue weighted by molar-refractivity contribution is -0.131. The molecule has 0 spiro atoms. The van der Waals surface area contributed by atoms with Crippen molar-refractivity contribution in [1.29, 1.82) is 0 Å². The van der Waals surface area contributed by atoms with E-state index < -0.39 is 17.4 Å². The number of nitrogens with zero attached hydrogens (tertiary/aromatic N) is 3. The van der Waals surface area contributed by atoms with Gasteiger partial charge in [0, 0.05) is 41.4 Å². The lowest BCUT2D eigenvalue weighted by Gasteiger charge is -2.25. The van der Waals surface area contributed by atoms with E-state index in [9.17, 15) is 14.4 Å². The summed E-state index contributed by atoms with van der Waals surface area (Å²) in [7, 11) is 2.01. The van der Waals surface area contributed by atoms with Crippen LogP contribution in [0.1, 0.15) is 73.9 Å². The van der Waals surface area contributed by atoms with Gasteiger partial charge < -0.3 is 25.0 Å². The number of carboxylic acid groups (broad SMARTS) is 1. The largest absolute Gasteiger partial charge is 0.478 e. The molecule has 0 saturated heterocycles. The zero-order valence-corrected chi connectivity index (χ0v) is 25.4. The third kappa shape index (κ3) is 6.34. The SMILES string of the molecule is CCOc1nc(NC(=O)C(C)(C)NC(=O)c2ccc3c(C4CCCC4)c(-c4ccccn4)n(C)c3c2)ccc1/C=C/C(=O)O. The van der Waals surface area contributed by atoms with Gasteiger partial charge in [0.15, 0.2) is 0 Å². The molecule has 1 fully saturated rings. The van der Waals surface area contributed by atoms with Crippen molar-refractivity contribution in [1.82, 2.24) is 19.9 Å². The van der Waals surface area contributed by atoms with Gasteiger partial charge in [-0.2, -0.15) is 4.98 Å². The second-order valence-corrected chi connectivity index (χ2v) is 11.5. The van der Waals surface area contributed by atoms with Gasteiger partial charge in [-0.25, -0.2) is 4.79 Å². The topological polar surface area (TPSA) is 135 Å². The van der Waals surface area contributed by atoms with Crippen molar-refractivity contribution in [3.8, 4) is 17.3 Å². The Hall–Kier alpha value is -4.99. The van der Waals surface area contributed by atoms with E-state index in [0.717, 1.165) is 41.2 Å². The summed E-state index contributed by atoms with van der Waals surface area (Å²) in [5, 5.41) is 15.7. The Balaban J connectivity index is 1.38. The van der Waals surface area contributed by atoms with Crippen LogP contribution in [0.2, 0.25) is 0 Å². The number of hydrogen-bond acceptors (Lipinski definition) is 6. The number of amides is 2. The summed E-state index contributed by atoms with van der Waals surface area (Å²) in [5.74, 6) is -1.13. The molecule has 3 N–H and O–H groups in total. The minimum Gasteiger partial charge on any atom is -0.478 e. The number of carbonyl (C=O) groups excluding carboxylic acids is 2. The monoisotopic (exact) mass is 595 g/mol. The Kier molecular flexibility index (Phi) is 8.80. The molecule has 4 aromatic rings. The van der Waals surface area contributed by atoms with Crippen molar-refractivity contribution in [2.75, 3.05) is 11.9 Å². The molecule has 0 bridgehead atoms. The molecular weight excluding hydrogens is 558 g/mol. The highest BCUT2D eigenvalue weighted by molar-refractivity contribution is 6.05. The number of aliphatic carboxylic acids is 1. The fourth-order valence-corrected chi connectivity index (χ4v) is 5.79. The number of nitrogens with one attached hydrogen (secondary N) is 2. The van der Waals surface area contributed by atoms with Gasteiger partial charge in [-0.15, -0.1) is 0 Å². The summed E-state index contributed by atoms with van der Waals surface area (Å²) < 4.78 is 7.65. The lowest BCUT2D eigenvalue weighted by Crippen LogP contribution is -2.52. The molecule has 228 valence electrons. The Morgan fingerprint density at radius 1 is 1.11 bits per heavy atom. The summed E-state index contributed by atoms with van der Waals surface area (Å²) in [6.45, 7) is 5.31. The first-order valence-corrected chi connectivity index (χ1v) is 14.8. The van der Waals surface area contributed by atoms with Crippen molar-refractivity contribution in [3.63, 3.8) is 0 Å². The second kappa shape index (κ2) is 12.7. The number of aryl methyl sites for hydroxylation is 1. The average Bonchev–Trinajstić information content (AvgIpc) is 3.63. The minimum absolute atomic E-state index is 0.183. The quantitative estimate of drug-likeness (QED) is 0.193. The van der Waals surface area contributed by atoms with Crippen molar-refractivity contribution < 1.29 is 24.2 Å². The van der Waals surface area contributed by atoms with Crippen molar-refractivity contribution in [2.45, 2.75) is 57.9 Å². The summed E-state index contributed by atoms with van der Waals surface area (Å²) in [5.41, 5.74) is 3.82. The van der Waals surface area contributed by atoms with E-state index in [0.29, 0.717) is 23.7 Å². The number of rotatable bonds is 10. The third-order valence-electron chi connectivity index (χ3n) is 7.98. The predicted molar refractivity (Wildman–Crippen MR) is 170 cm³/mol. The van der Waals surface area contributed by atoms with Crippen molar-refractivity contribution >= 4 is 40.6 Å². The molecule has 0 atom stereocenters. The molecule has 0 aliphatic heterocycles. The van der Waals surface area contributed by atoms with Crippen LogP contribution < -0.4 is 15.4 Å². The first-order valence-electron chi connectivity index (χ1n) is 14.8. The molecule has 1 saturated carbocycles. The van der Waals surface area contributed by atoms with Gasteiger partial charge in [0.1, 0.15) is 11.4 Å². The maximum Gasteiger partial charge on any atom is 0.328 e. The van der Waals surface area contributed by atoms with Crippen LogP contribution in [-0.2, 0) is 16.6 Å². The molecule has 10 heteroatoms. The molecule has 1 aliphatic rings. The average molecular weight is 596 g/mol. The Bertz CT molecular complexity index is 1740. The number of anilines is 1. The van der Waals surface area contributed by atoms with Crippen LogP contribution in [0, 0.1) is 0 Å². The number of benzene rings is 1. The number of ether oxygens (including phenoxy) is 1. The molecule has 10 nitrogen and oxygen atoms in total. The fourth-order valence-electron chi connectivity index (χ4n) is 5.79. The molecule has 1 aliphatic carbocycles. The van der Waals surface area contributed by atoms with Crippen LogP contribution >= 0.6 is 0 Å². The summed E-state index contributed by atoms with van der Waals surface area (Å²) in [6.07, 6.45) is 8.83. The standard InChI is InChI=1S/C34H37N5O5/c1-5-44-32-22(15-18-28(40)41)14-17-27(36-32)37-33(43)34(2,3)38-31(42)23-13-16-24-26(20-23)39(4)30(25-12-8-9-19-35-25)29(24)21-10-6-7-11-21/h8-9,12-21H,5-7,10-11H2,1-4H3,(H,38,42)(H,40,41)(H,36,37,43)/b18-15+. The molecule has 3 heterocycles. The molecule has 44 heavy (non-hydrogen) atoms. The Labute approximate surface area is 256 Å². The van der Waals surface area contributed by atoms with E-state index in [1.165, 1.54) is 24.5 Å². The Morgan fingerprint density at radius 2 is 1.89 bits per heavy atom. The number of carboxylic acids is 1. The van der Waals surface area contributed by atoms with Crippen molar-refractivity contribution in [3.05, 3.63) is 77.5 Å². The van der Waals surface area contributed by atoms with E-state index in [1.54, 1.807) is 39.1 Å². The summed E-state index contributed by atoms with van der Waals surface area (Å²) in [6, 6.07) is 14.8. The predicted octanol–water partition coefficient (Wildman–Crippen LogP) is 5.94. The first-order chi connectivity index (χ1) is 21.1. The van der Waals surface area contributed by atoms with Gasteiger partial charge in [-0.05, 0) is 87.6 Å². The first kappa shape index (κ1) is 30.5. The van der Waals surface area contributed by atoms with Crippen LogP contribution in [0.3, 0.4) is 0 Å². The van der Waals surface area contributed by atoms with E-state index >= 15 is 0 Å². The lowest BCUT2D eigenvalue weighted by atomic mass is 9.93. The van der Waals surface area contributed by atoms with Crippen LogP contribution in [0.15, 0.2) is 60.8 Å². The van der Waals surface area contributed by atoms with Gasteiger partial charge in [-0.3, -0.25) is 14.6 Å². The Morgan fingerprint density at radius 3 is 2.57 bits per heavy atom. The zero-order chi connectivity index (χ0) is 31.4. The fraction of sp³-hybridized carbons (Fsp3) is 0.324. The highest BCUT2D eigenvalue weighted by atomic mass is 16.5. The molecule has 0 unspecified atom stereocenters. The van der Waals surface area contributed by atoms with Gasteiger partial charge in [0.25, 0.3) is 11.8 Å². The van der Waals surface area contributed by atoms with E-state index in [1.807, 2.05) is 43.4 Å². The van der Waals surface area contributed by atoms with Crippen LogP contribution in [0.4, 0.5) is 5.82 Å². The molecule has 5 rings (SSSR count). The number of pyridine rings is 2. The minimum atomic E-state index is -1.29. The van der Waals surface area contributed by atoms with Gasteiger partial charge in [0.2, 0.25) is 5.88 Å². The van der Waals surface area contributed by atoms with Crippen molar-refractivity contribution in [2.24, 2.45) is 7.05 Å². The van der Waals surface area contributed by atoms with E-state index in [-0.39, 0.29) is 17.6 Å². The molecule has 2 amide bonds. The normalized spacial score (nSPS) is 13.8. The third-order valence-corrected chi connectivity index (χ3v) is 7.98. The maximum absolute atomic E-state index is 13.5. The van der Waals surface area contributed by atoms with Crippen LogP contribution in [0.5, 0.6) is 5.88 Å². The smallest absolute Gasteiger partial charge is 0.328 e. The van der Waals surface area contributed by atoms with Crippen LogP contribution in [-0.4, -0.2) is 49.6 Å². The van der Waals surface area contributed by atoms with Gasteiger partial charge in [-0.1, -0.05) is 25.0 Å². The second-order valence-electron chi connectivity index (χ2n) is 11.5. The molecule has 3 aromatic heterocycles. The zero-order valence-electron chi connectivity index (χ0n) is 25.4. The van der Waals surface area contributed by atoms with E-state index in [4.69, 9.17) is 9.84 Å². The molecular formula is C34H37N5O5. The van der Waals surface area contributed by atoms with Gasteiger partial charge in [0.05, 0.1) is 18.0 Å². The number of fused-ring (bicyclic) bond motifs is 1. The number of aromatic nitrogens is 3. The van der Waals surface area contributed by atoms with E-state index in [2.05, 4.69) is 25.2 Å². The maximum atomic E-state index is 13.5. The number of carbonyl (C=O) groups is 3. The summed E-state index contributed by atoms with van der Waals surface area (Å²) in [4.78, 5) is 46.7. The number of hydrogen-bond donors (Lipinski definition) is 3. The molecule has 1 aromatic carbocycles. The van der Waals surface area contributed by atoms with Crippen LogP contribution in [0.25, 0.3) is 28.4 Å². The highest BCUT2D eigenvalue weighted by Crippen LogP contribution is 2.44. The highest BCUT2D eigenvalue weighted by Gasteiger charge is 2.32. The molecule has 0 radical (unpaired) electrons. The summed E-state index contributed by atoms with van der Waals surface area (Å²) >= 11 is 0.